The average molecular weight is 407 g/mol. The summed E-state index contributed by atoms with van der Waals surface area (Å²) in [5.41, 5.74) is 3.67. The van der Waals surface area contributed by atoms with Crippen LogP contribution in [-0.4, -0.2) is 57.9 Å². The molecule has 3 aromatic rings. The number of rotatable bonds is 3. The quantitative estimate of drug-likeness (QED) is 0.724. The summed E-state index contributed by atoms with van der Waals surface area (Å²) in [6, 6.07) is 8.36. The van der Waals surface area contributed by atoms with Crippen LogP contribution in [0.25, 0.3) is 22.4 Å². The fourth-order valence-electron chi connectivity index (χ4n) is 4.88. The first-order valence-corrected chi connectivity index (χ1v) is 11.1. The van der Waals surface area contributed by atoms with Gasteiger partial charge < -0.3 is 14.8 Å². The van der Waals surface area contributed by atoms with Crippen LogP contribution in [-0.2, 0) is 7.05 Å². The second-order valence-corrected chi connectivity index (χ2v) is 8.79. The molecule has 2 aromatic heterocycles. The SMILES string of the molecule is CN1CCN(c2ccc(-c3nc4c(c(C5CCCCC5)nn4C)c(=O)[nH]3)cc2)CC1. The highest BCUT2D eigenvalue weighted by atomic mass is 16.1. The van der Waals surface area contributed by atoms with Gasteiger partial charge >= 0.3 is 0 Å². The lowest BCUT2D eigenvalue weighted by molar-refractivity contribution is 0.313. The van der Waals surface area contributed by atoms with Crippen LogP contribution in [0.3, 0.4) is 0 Å². The Morgan fingerprint density at radius 2 is 1.67 bits per heavy atom. The molecule has 7 nitrogen and oxygen atoms in total. The Hall–Kier alpha value is -2.67. The summed E-state index contributed by atoms with van der Waals surface area (Å²) in [4.78, 5) is 25.6. The van der Waals surface area contributed by atoms with Crippen LogP contribution in [0.1, 0.15) is 43.7 Å². The third-order valence-electron chi connectivity index (χ3n) is 6.72. The minimum Gasteiger partial charge on any atom is -0.369 e. The smallest absolute Gasteiger partial charge is 0.262 e. The van der Waals surface area contributed by atoms with Crippen LogP contribution in [0.5, 0.6) is 0 Å². The van der Waals surface area contributed by atoms with Crippen LogP contribution in [0.4, 0.5) is 5.69 Å². The summed E-state index contributed by atoms with van der Waals surface area (Å²) in [5.74, 6) is 0.981. The number of aromatic nitrogens is 4. The van der Waals surface area contributed by atoms with E-state index in [2.05, 4.69) is 46.1 Å². The number of nitrogens with zero attached hydrogens (tertiary/aromatic N) is 5. The van der Waals surface area contributed by atoms with E-state index in [1.54, 1.807) is 4.68 Å². The number of benzene rings is 1. The van der Waals surface area contributed by atoms with Crippen molar-refractivity contribution in [2.75, 3.05) is 38.1 Å². The van der Waals surface area contributed by atoms with Crippen molar-refractivity contribution in [1.82, 2.24) is 24.6 Å². The molecule has 0 atom stereocenters. The number of hydrogen-bond donors (Lipinski definition) is 1. The van der Waals surface area contributed by atoms with E-state index in [1.807, 2.05) is 7.05 Å². The zero-order valence-corrected chi connectivity index (χ0v) is 17.9. The zero-order chi connectivity index (χ0) is 20.7. The van der Waals surface area contributed by atoms with Crippen molar-refractivity contribution < 1.29 is 0 Å². The molecule has 158 valence electrons. The maximum Gasteiger partial charge on any atom is 0.262 e. The van der Waals surface area contributed by atoms with Crippen molar-refractivity contribution in [2.24, 2.45) is 7.05 Å². The fraction of sp³-hybridized carbons (Fsp3) is 0.522. The van der Waals surface area contributed by atoms with Gasteiger partial charge in [-0.2, -0.15) is 5.10 Å². The fourth-order valence-corrected chi connectivity index (χ4v) is 4.88. The van der Waals surface area contributed by atoms with Crippen molar-refractivity contribution in [3.8, 4) is 11.4 Å². The lowest BCUT2D eigenvalue weighted by atomic mass is 9.86. The molecule has 1 saturated heterocycles. The molecule has 5 rings (SSSR count). The number of anilines is 1. The van der Waals surface area contributed by atoms with Gasteiger partial charge in [0.1, 0.15) is 11.2 Å². The van der Waals surface area contributed by atoms with Gasteiger partial charge in [-0.05, 0) is 44.2 Å². The van der Waals surface area contributed by atoms with Gasteiger partial charge in [0.05, 0.1) is 5.69 Å². The molecule has 3 heterocycles. The molecule has 0 spiro atoms. The first kappa shape index (κ1) is 19.3. The van der Waals surface area contributed by atoms with Crippen molar-refractivity contribution in [3.63, 3.8) is 0 Å². The Morgan fingerprint density at radius 3 is 2.37 bits per heavy atom. The summed E-state index contributed by atoms with van der Waals surface area (Å²) >= 11 is 0. The van der Waals surface area contributed by atoms with E-state index in [0.29, 0.717) is 22.8 Å². The van der Waals surface area contributed by atoms with E-state index in [1.165, 1.54) is 24.9 Å². The third-order valence-corrected chi connectivity index (χ3v) is 6.72. The number of aryl methyl sites for hydroxylation is 1. The number of H-pyrrole nitrogens is 1. The van der Waals surface area contributed by atoms with Crippen LogP contribution in [0.15, 0.2) is 29.1 Å². The summed E-state index contributed by atoms with van der Waals surface area (Å²) in [5, 5.41) is 5.38. The van der Waals surface area contributed by atoms with Crippen LogP contribution in [0, 0.1) is 0 Å². The second-order valence-electron chi connectivity index (χ2n) is 8.79. The van der Waals surface area contributed by atoms with E-state index in [-0.39, 0.29) is 5.56 Å². The maximum absolute atomic E-state index is 13.0. The van der Waals surface area contributed by atoms with Gasteiger partial charge in [-0.3, -0.25) is 4.79 Å². The Bertz CT molecular complexity index is 1090. The molecule has 1 aliphatic carbocycles. The van der Waals surface area contributed by atoms with Crippen molar-refractivity contribution in [1.29, 1.82) is 0 Å². The van der Waals surface area contributed by atoms with Gasteiger partial charge in [0.2, 0.25) is 0 Å². The topological polar surface area (TPSA) is 70.1 Å². The number of piperazine rings is 1. The molecule has 0 amide bonds. The average Bonchev–Trinajstić information content (AvgIpc) is 3.12. The third kappa shape index (κ3) is 3.51. The van der Waals surface area contributed by atoms with E-state index >= 15 is 0 Å². The molecule has 0 bridgehead atoms. The van der Waals surface area contributed by atoms with Crippen LogP contribution in [0.2, 0.25) is 0 Å². The van der Waals surface area contributed by atoms with Crippen LogP contribution < -0.4 is 10.5 Å². The molecule has 2 aliphatic rings. The monoisotopic (exact) mass is 406 g/mol. The molecule has 0 unspecified atom stereocenters. The molecular formula is C23H30N6O. The largest absolute Gasteiger partial charge is 0.369 e. The highest BCUT2D eigenvalue weighted by Crippen LogP contribution is 2.34. The first-order valence-electron chi connectivity index (χ1n) is 11.1. The number of likely N-dealkylation sites (N-methyl/N-ethyl adjacent to an activating group) is 1. The van der Waals surface area contributed by atoms with Crippen molar-refractivity contribution in [3.05, 3.63) is 40.3 Å². The second kappa shape index (κ2) is 7.87. The lowest BCUT2D eigenvalue weighted by Gasteiger charge is -2.34. The highest BCUT2D eigenvalue weighted by molar-refractivity contribution is 5.80. The summed E-state index contributed by atoms with van der Waals surface area (Å²) in [6.07, 6.45) is 5.93. The van der Waals surface area contributed by atoms with Gasteiger partial charge in [0.25, 0.3) is 5.56 Å². The molecule has 1 aliphatic heterocycles. The molecular weight excluding hydrogens is 376 g/mol. The van der Waals surface area contributed by atoms with Gasteiger partial charge in [0, 0.05) is 50.4 Å². The Kier molecular flexibility index (Phi) is 5.06. The van der Waals surface area contributed by atoms with Gasteiger partial charge in [-0.1, -0.05) is 19.3 Å². The first-order chi connectivity index (χ1) is 14.6. The predicted octanol–water partition coefficient (Wildman–Crippen LogP) is 3.12. The molecule has 1 N–H and O–H groups in total. The molecule has 1 saturated carbocycles. The molecule has 7 heteroatoms. The van der Waals surface area contributed by atoms with E-state index < -0.39 is 0 Å². The Labute approximate surface area is 176 Å². The molecule has 2 fully saturated rings. The van der Waals surface area contributed by atoms with E-state index in [4.69, 9.17) is 10.1 Å². The number of fused-ring (bicyclic) bond motifs is 1. The van der Waals surface area contributed by atoms with E-state index in [9.17, 15) is 4.79 Å². The zero-order valence-electron chi connectivity index (χ0n) is 17.9. The van der Waals surface area contributed by atoms with Crippen molar-refractivity contribution in [2.45, 2.75) is 38.0 Å². The molecule has 1 aromatic carbocycles. The Morgan fingerprint density at radius 1 is 0.967 bits per heavy atom. The van der Waals surface area contributed by atoms with Gasteiger partial charge in [-0.25, -0.2) is 9.67 Å². The van der Waals surface area contributed by atoms with Gasteiger partial charge in [-0.15, -0.1) is 0 Å². The number of hydrogen-bond acceptors (Lipinski definition) is 5. The predicted molar refractivity (Wildman–Crippen MR) is 120 cm³/mol. The standard InChI is InChI=1S/C23H30N6O/c1-27-12-14-29(15-13-27)18-10-8-17(9-11-18)21-24-22-19(23(30)25-21)20(26-28(22)2)16-6-4-3-5-7-16/h8-11,16H,3-7,12-15H2,1-2H3,(H,24,25,30). The van der Waals surface area contributed by atoms with Crippen molar-refractivity contribution >= 4 is 16.7 Å². The molecule has 0 radical (unpaired) electrons. The normalized spacial score (nSPS) is 18.9. The molecule has 30 heavy (non-hydrogen) atoms. The minimum absolute atomic E-state index is 0.0770. The van der Waals surface area contributed by atoms with Crippen LogP contribution >= 0.6 is 0 Å². The van der Waals surface area contributed by atoms with Gasteiger partial charge in [0.15, 0.2) is 5.65 Å². The summed E-state index contributed by atoms with van der Waals surface area (Å²) in [7, 11) is 4.05. The Balaban J connectivity index is 1.46. The summed E-state index contributed by atoms with van der Waals surface area (Å²) < 4.78 is 1.77. The lowest BCUT2D eigenvalue weighted by Crippen LogP contribution is -2.44. The minimum atomic E-state index is -0.0770. The maximum atomic E-state index is 13.0. The highest BCUT2D eigenvalue weighted by Gasteiger charge is 2.24. The van der Waals surface area contributed by atoms with E-state index in [0.717, 1.165) is 50.3 Å². The number of aromatic amines is 1. The summed E-state index contributed by atoms with van der Waals surface area (Å²) in [6.45, 7) is 4.24. The number of nitrogens with one attached hydrogen (secondary N) is 1.